The van der Waals surface area contributed by atoms with Crippen molar-refractivity contribution in [1.29, 1.82) is 0 Å². The Morgan fingerprint density at radius 2 is 1.63 bits per heavy atom. The lowest BCUT2D eigenvalue weighted by Gasteiger charge is -2.31. The SMILES string of the molecule is O=C1C(=O)N(CCN2CCOCC2)C(c2ccc(F)cc2)C1C(=O)c1ccccc1. The second kappa shape index (κ2) is 8.85. The van der Waals surface area contributed by atoms with Crippen molar-refractivity contribution in [2.75, 3.05) is 39.4 Å². The Hall–Kier alpha value is -2.90. The third-order valence-electron chi connectivity index (χ3n) is 5.72. The Labute approximate surface area is 174 Å². The molecule has 2 fully saturated rings. The van der Waals surface area contributed by atoms with E-state index >= 15 is 0 Å². The highest BCUT2D eigenvalue weighted by Gasteiger charge is 2.51. The molecule has 30 heavy (non-hydrogen) atoms. The fraction of sp³-hybridized carbons (Fsp3) is 0.348. The van der Waals surface area contributed by atoms with Gasteiger partial charge in [0.15, 0.2) is 5.78 Å². The number of morpholine rings is 1. The molecule has 4 rings (SSSR count). The Kier molecular flexibility index (Phi) is 6.01. The van der Waals surface area contributed by atoms with E-state index in [1.807, 2.05) is 0 Å². The number of ketones is 2. The number of hydrogen-bond acceptors (Lipinski definition) is 5. The van der Waals surface area contributed by atoms with Crippen molar-refractivity contribution in [2.45, 2.75) is 6.04 Å². The molecule has 1 amide bonds. The van der Waals surface area contributed by atoms with Crippen molar-refractivity contribution in [3.63, 3.8) is 0 Å². The van der Waals surface area contributed by atoms with Gasteiger partial charge in [0.25, 0.3) is 5.91 Å². The molecule has 2 aromatic rings. The zero-order valence-electron chi connectivity index (χ0n) is 16.5. The summed E-state index contributed by atoms with van der Waals surface area (Å²) in [7, 11) is 0. The van der Waals surface area contributed by atoms with Crippen LogP contribution in [0.5, 0.6) is 0 Å². The van der Waals surface area contributed by atoms with Gasteiger partial charge in [-0.25, -0.2) is 4.39 Å². The van der Waals surface area contributed by atoms with Crippen LogP contribution in [0.2, 0.25) is 0 Å². The first kappa shape index (κ1) is 20.4. The summed E-state index contributed by atoms with van der Waals surface area (Å²) < 4.78 is 18.9. The molecular formula is C23H23FN2O4. The maximum Gasteiger partial charge on any atom is 0.291 e. The summed E-state index contributed by atoms with van der Waals surface area (Å²) in [6.45, 7) is 3.65. The first-order valence-corrected chi connectivity index (χ1v) is 10.1. The smallest absolute Gasteiger partial charge is 0.291 e. The number of nitrogens with zero attached hydrogens (tertiary/aromatic N) is 2. The standard InChI is InChI=1S/C23H23FN2O4/c24-18-8-6-16(7-9-18)20-19(21(27)17-4-2-1-3-5-17)22(28)23(29)26(20)11-10-25-12-14-30-15-13-25/h1-9,19-20H,10-15H2. The van der Waals surface area contributed by atoms with Gasteiger partial charge >= 0.3 is 0 Å². The largest absolute Gasteiger partial charge is 0.379 e. The normalized spacial score (nSPS) is 22.5. The predicted molar refractivity (Wildman–Crippen MR) is 107 cm³/mol. The van der Waals surface area contributed by atoms with Gasteiger partial charge < -0.3 is 9.64 Å². The number of likely N-dealkylation sites (tertiary alicyclic amines) is 1. The summed E-state index contributed by atoms with van der Waals surface area (Å²) >= 11 is 0. The molecule has 7 heteroatoms. The number of rotatable bonds is 6. The second-order valence-corrected chi connectivity index (χ2v) is 7.52. The van der Waals surface area contributed by atoms with Crippen LogP contribution < -0.4 is 0 Å². The van der Waals surface area contributed by atoms with Crippen LogP contribution in [0, 0.1) is 11.7 Å². The summed E-state index contributed by atoms with van der Waals surface area (Å²) in [5.41, 5.74) is 0.956. The van der Waals surface area contributed by atoms with Crippen molar-refractivity contribution < 1.29 is 23.5 Å². The minimum absolute atomic E-state index is 0.311. The number of ether oxygens (including phenoxy) is 1. The molecule has 2 atom stereocenters. The molecule has 0 spiro atoms. The minimum Gasteiger partial charge on any atom is -0.379 e. The van der Waals surface area contributed by atoms with E-state index in [0.717, 1.165) is 13.1 Å². The van der Waals surface area contributed by atoms with Crippen LogP contribution in [0.1, 0.15) is 22.0 Å². The lowest BCUT2D eigenvalue weighted by molar-refractivity contribution is -0.141. The molecule has 0 aliphatic carbocycles. The number of carbonyl (C=O) groups is 3. The number of carbonyl (C=O) groups excluding carboxylic acids is 3. The Balaban J connectivity index is 1.65. The monoisotopic (exact) mass is 410 g/mol. The van der Waals surface area contributed by atoms with Gasteiger partial charge in [-0.1, -0.05) is 42.5 Å². The van der Waals surface area contributed by atoms with E-state index in [2.05, 4.69) is 4.90 Å². The highest BCUT2D eigenvalue weighted by Crippen LogP contribution is 2.38. The van der Waals surface area contributed by atoms with Gasteiger partial charge in [0.05, 0.1) is 19.3 Å². The van der Waals surface area contributed by atoms with Crippen LogP contribution in [-0.2, 0) is 14.3 Å². The summed E-state index contributed by atoms with van der Waals surface area (Å²) in [6, 6.07) is 13.4. The summed E-state index contributed by atoms with van der Waals surface area (Å²) in [5, 5.41) is 0. The highest BCUT2D eigenvalue weighted by molar-refractivity contribution is 6.44. The average molecular weight is 410 g/mol. The molecule has 2 aliphatic heterocycles. The molecule has 2 aliphatic rings. The number of amides is 1. The van der Waals surface area contributed by atoms with Crippen LogP contribution in [-0.4, -0.2) is 66.7 Å². The topological polar surface area (TPSA) is 66.9 Å². The van der Waals surface area contributed by atoms with Crippen LogP contribution in [0.4, 0.5) is 4.39 Å². The number of hydrogen-bond donors (Lipinski definition) is 0. The fourth-order valence-electron chi connectivity index (χ4n) is 4.12. The third-order valence-corrected chi connectivity index (χ3v) is 5.72. The van der Waals surface area contributed by atoms with Gasteiger partial charge in [-0.3, -0.25) is 19.3 Å². The number of benzene rings is 2. The van der Waals surface area contributed by atoms with Gasteiger partial charge in [-0.15, -0.1) is 0 Å². The fourth-order valence-corrected chi connectivity index (χ4v) is 4.12. The molecule has 2 aromatic carbocycles. The van der Waals surface area contributed by atoms with Crippen LogP contribution in [0.25, 0.3) is 0 Å². The second-order valence-electron chi connectivity index (χ2n) is 7.52. The summed E-state index contributed by atoms with van der Waals surface area (Å²) in [5.74, 6) is -3.32. The van der Waals surface area contributed by atoms with E-state index in [-0.39, 0.29) is 0 Å². The maximum absolute atomic E-state index is 13.5. The molecule has 0 N–H and O–H groups in total. The van der Waals surface area contributed by atoms with Crippen molar-refractivity contribution in [3.8, 4) is 0 Å². The van der Waals surface area contributed by atoms with Crippen molar-refractivity contribution in [2.24, 2.45) is 5.92 Å². The van der Waals surface area contributed by atoms with E-state index in [0.29, 0.717) is 37.4 Å². The maximum atomic E-state index is 13.5. The molecule has 2 unspecified atom stereocenters. The summed E-state index contributed by atoms with van der Waals surface area (Å²) in [6.07, 6.45) is 0. The summed E-state index contributed by atoms with van der Waals surface area (Å²) in [4.78, 5) is 42.6. The molecular weight excluding hydrogens is 387 g/mol. The van der Waals surface area contributed by atoms with Crippen molar-refractivity contribution >= 4 is 17.5 Å². The zero-order valence-corrected chi connectivity index (χ0v) is 16.5. The van der Waals surface area contributed by atoms with Crippen LogP contribution in [0.15, 0.2) is 54.6 Å². The molecule has 0 bridgehead atoms. The number of Topliss-reactive ketones (excluding diaryl/α,β-unsaturated/α-hetero) is 2. The van der Waals surface area contributed by atoms with E-state index in [1.165, 1.54) is 17.0 Å². The van der Waals surface area contributed by atoms with E-state index in [1.54, 1.807) is 42.5 Å². The van der Waals surface area contributed by atoms with Crippen molar-refractivity contribution in [1.82, 2.24) is 9.80 Å². The average Bonchev–Trinajstić information content (AvgIpc) is 3.04. The first-order chi connectivity index (χ1) is 14.6. The van der Waals surface area contributed by atoms with E-state index < -0.39 is 35.3 Å². The predicted octanol–water partition coefficient (Wildman–Crippen LogP) is 2.11. The quantitative estimate of drug-likeness (QED) is 0.415. The van der Waals surface area contributed by atoms with Gasteiger partial charge in [0.1, 0.15) is 11.7 Å². The zero-order chi connectivity index (χ0) is 21.1. The molecule has 6 nitrogen and oxygen atoms in total. The van der Waals surface area contributed by atoms with Gasteiger partial charge in [-0.05, 0) is 17.7 Å². The van der Waals surface area contributed by atoms with E-state index in [4.69, 9.17) is 4.74 Å². The Morgan fingerprint density at radius 3 is 2.30 bits per heavy atom. The minimum atomic E-state index is -1.14. The van der Waals surface area contributed by atoms with Crippen LogP contribution in [0.3, 0.4) is 0 Å². The van der Waals surface area contributed by atoms with Gasteiger partial charge in [0, 0.05) is 31.7 Å². The first-order valence-electron chi connectivity index (χ1n) is 10.1. The van der Waals surface area contributed by atoms with Crippen LogP contribution >= 0.6 is 0 Å². The van der Waals surface area contributed by atoms with Gasteiger partial charge in [0.2, 0.25) is 5.78 Å². The Morgan fingerprint density at radius 1 is 0.967 bits per heavy atom. The lowest BCUT2D eigenvalue weighted by Crippen LogP contribution is -2.42. The van der Waals surface area contributed by atoms with E-state index in [9.17, 15) is 18.8 Å². The molecule has 2 saturated heterocycles. The highest BCUT2D eigenvalue weighted by atomic mass is 19.1. The molecule has 0 aromatic heterocycles. The Bertz CT molecular complexity index is 926. The number of halogens is 1. The molecule has 2 heterocycles. The van der Waals surface area contributed by atoms with Crippen molar-refractivity contribution in [3.05, 3.63) is 71.5 Å². The lowest BCUT2D eigenvalue weighted by atomic mass is 9.86. The third kappa shape index (κ3) is 4.04. The molecule has 0 saturated carbocycles. The molecule has 0 radical (unpaired) electrons. The van der Waals surface area contributed by atoms with Gasteiger partial charge in [-0.2, -0.15) is 0 Å². The molecule has 156 valence electrons.